The van der Waals surface area contributed by atoms with Gasteiger partial charge in [0, 0.05) is 24.4 Å². The standard InChI is InChI=1S/C19H18Cl2N6O2/c1-3-14-17(18(22)25-19(23)24-14)10-4-7-15(16(8-10)27(28)29)26(2)11-5-6-12(20)13(21)9-11/h4-9H,3H2,1-2H3,(H4,22,23,24,25). The van der Waals surface area contributed by atoms with Crippen LogP contribution in [0.25, 0.3) is 11.1 Å². The molecule has 0 atom stereocenters. The number of nitrogen functional groups attached to an aromatic ring is 2. The van der Waals surface area contributed by atoms with Crippen molar-refractivity contribution in [2.24, 2.45) is 0 Å². The molecule has 29 heavy (non-hydrogen) atoms. The molecule has 0 aliphatic heterocycles. The third kappa shape index (κ3) is 4.03. The van der Waals surface area contributed by atoms with Gasteiger partial charge in [0.2, 0.25) is 5.95 Å². The number of anilines is 4. The lowest BCUT2D eigenvalue weighted by Crippen LogP contribution is -2.12. The lowest BCUT2D eigenvalue weighted by Gasteiger charge is -2.20. The van der Waals surface area contributed by atoms with Crippen LogP contribution < -0.4 is 16.4 Å². The van der Waals surface area contributed by atoms with E-state index in [1.165, 1.54) is 6.07 Å². The van der Waals surface area contributed by atoms with Gasteiger partial charge in [0.15, 0.2) is 0 Å². The summed E-state index contributed by atoms with van der Waals surface area (Å²) in [6.45, 7) is 1.89. The van der Waals surface area contributed by atoms with E-state index in [1.807, 2.05) is 6.92 Å². The number of nitro groups is 1. The van der Waals surface area contributed by atoms with Crippen molar-refractivity contribution in [1.29, 1.82) is 0 Å². The first kappa shape index (κ1) is 20.6. The smallest absolute Gasteiger partial charge is 0.293 e. The van der Waals surface area contributed by atoms with Crippen molar-refractivity contribution in [3.05, 3.63) is 62.3 Å². The summed E-state index contributed by atoms with van der Waals surface area (Å²) in [7, 11) is 1.71. The Morgan fingerprint density at radius 3 is 2.45 bits per heavy atom. The van der Waals surface area contributed by atoms with Crippen LogP contribution in [0.1, 0.15) is 12.6 Å². The molecule has 3 rings (SSSR count). The molecule has 0 aliphatic rings. The van der Waals surface area contributed by atoms with Crippen LogP contribution in [0.15, 0.2) is 36.4 Å². The Morgan fingerprint density at radius 2 is 1.83 bits per heavy atom. The van der Waals surface area contributed by atoms with E-state index in [0.717, 1.165) is 0 Å². The van der Waals surface area contributed by atoms with Gasteiger partial charge in [0.25, 0.3) is 5.69 Å². The molecule has 8 nitrogen and oxygen atoms in total. The molecular weight excluding hydrogens is 415 g/mol. The van der Waals surface area contributed by atoms with Crippen molar-refractivity contribution in [3.63, 3.8) is 0 Å². The Bertz CT molecular complexity index is 1110. The minimum atomic E-state index is -0.452. The van der Waals surface area contributed by atoms with Crippen molar-refractivity contribution >= 4 is 52.0 Å². The van der Waals surface area contributed by atoms with E-state index < -0.39 is 4.92 Å². The molecule has 0 radical (unpaired) electrons. The van der Waals surface area contributed by atoms with Gasteiger partial charge < -0.3 is 16.4 Å². The summed E-state index contributed by atoms with van der Waals surface area (Å²) in [5.74, 6) is 0.239. The lowest BCUT2D eigenvalue weighted by atomic mass is 10.0. The maximum atomic E-state index is 11.8. The molecule has 3 aromatic rings. The summed E-state index contributed by atoms with van der Waals surface area (Å²) in [5.41, 5.74) is 14.3. The Balaban J connectivity index is 2.14. The van der Waals surface area contributed by atoms with Crippen molar-refractivity contribution < 1.29 is 4.92 Å². The number of nitro benzene ring substituents is 1. The summed E-state index contributed by atoms with van der Waals surface area (Å²) in [4.78, 5) is 21.2. The van der Waals surface area contributed by atoms with E-state index >= 15 is 0 Å². The molecule has 0 saturated carbocycles. The van der Waals surface area contributed by atoms with Crippen molar-refractivity contribution in [3.8, 4) is 11.1 Å². The maximum Gasteiger partial charge on any atom is 0.293 e. The van der Waals surface area contributed by atoms with Crippen LogP contribution in [-0.4, -0.2) is 21.9 Å². The summed E-state index contributed by atoms with van der Waals surface area (Å²) < 4.78 is 0. The second-order valence-corrected chi connectivity index (χ2v) is 7.07. The molecule has 0 aliphatic carbocycles. The molecule has 2 aromatic carbocycles. The summed E-state index contributed by atoms with van der Waals surface area (Å²) >= 11 is 12.1. The number of benzene rings is 2. The summed E-state index contributed by atoms with van der Waals surface area (Å²) in [6.07, 6.45) is 0.547. The predicted octanol–water partition coefficient (Wildman–Crippen LogP) is 4.85. The average Bonchev–Trinajstić information content (AvgIpc) is 2.68. The Labute approximate surface area is 177 Å². The number of hydrogen-bond donors (Lipinski definition) is 2. The van der Waals surface area contributed by atoms with Gasteiger partial charge in [-0.25, -0.2) is 4.98 Å². The lowest BCUT2D eigenvalue weighted by molar-refractivity contribution is -0.384. The number of nitrogens with two attached hydrogens (primary N) is 2. The minimum absolute atomic E-state index is 0.0635. The molecule has 0 amide bonds. The van der Waals surface area contributed by atoms with Crippen LogP contribution in [0.2, 0.25) is 10.0 Å². The zero-order valence-corrected chi connectivity index (χ0v) is 17.2. The van der Waals surface area contributed by atoms with Gasteiger partial charge in [-0.3, -0.25) is 10.1 Å². The number of nitrogens with zero attached hydrogens (tertiary/aromatic N) is 4. The van der Waals surface area contributed by atoms with E-state index in [-0.39, 0.29) is 17.5 Å². The molecule has 0 saturated heterocycles. The molecule has 10 heteroatoms. The second-order valence-electron chi connectivity index (χ2n) is 6.26. The van der Waals surface area contributed by atoms with E-state index in [1.54, 1.807) is 42.3 Å². The first-order valence-corrected chi connectivity index (χ1v) is 9.38. The van der Waals surface area contributed by atoms with Crippen LogP contribution >= 0.6 is 23.2 Å². The zero-order chi connectivity index (χ0) is 21.3. The van der Waals surface area contributed by atoms with Crippen LogP contribution in [0, 0.1) is 10.1 Å². The predicted molar refractivity (Wildman–Crippen MR) is 117 cm³/mol. The maximum absolute atomic E-state index is 11.8. The normalized spacial score (nSPS) is 10.8. The van der Waals surface area contributed by atoms with Crippen LogP contribution in [0.4, 0.5) is 28.8 Å². The monoisotopic (exact) mass is 432 g/mol. The highest BCUT2D eigenvalue weighted by Crippen LogP contribution is 2.39. The Morgan fingerprint density at radius 1 is 1.10 bits per heavy atom. The quantitative estimate of drug-likeness (QED) is 0.435. The van der Waals surface area contributed by atoms with E-state index in [2.05, 4.69) is 9.97 Å². The van der Waals surface area contributed by atoms with Crippen molar-refractivity contribution in [1.82, 2.24) is 9.97 Å². The SMILES string of the molecule is CCc1nc(N)nc(N)c1-c1ccc(N(C)c2ccc(Cl)c(Cl)c2)c([N+](=O)[O-])c1. The number of rotatable bonds is 5. The highest BCUT2D eigenvalue weighted by atomic mass is 35.5. The number of hydrogen-bond acceptors (Lipinski definition) is 7. The fraction of sp³-hybridized carbons (Fsp3) is 0.158. The van der Waals surface area contributed by atoms with Crippen LogP contribution in [-0.2, 0) is 6.42 Å². The highest BCUT2D eigenvalue weighted by molar-refractivity contribution is 6.42. The van der Waals surface area contributed by atoms with Gasteiger partial charge in [-0.15, -0.1) is 0 Å². The topological polar surface area (TPSA) is 124 Å². The van der Waals surface area contributed by atoms with Crippen molar-refractivity contribution in [2.75, 3.05) is 23.4 Å². The largest absolute Gasteiger partial charge is 0.383 e. The third-order valence-corrected chi connectivity index (χ3v) is 5.22. The fourth-order valence-electron chi connectivity index (χ4n) is 3.06. The molecule has 0 spiro atoms. The average molecular weight is 433 g/mol. The number of aromatic nitrogens is 2. The third-order valence-electron chi connectivity index (χ3n) is 4.48. The van der Waals surface area contributed by atoms with Gasteiger partial charge in [-0.05, 0) is 36.2 Å². The molecule has 150 valence electrons. The zero-order valence-electron chi connectivity index (χ0n) is 15.7. The van der Waals surface area contributed by atoms with E-state index in [0.29, 0.717) is 44.7 Å². The molecule has 1 aromatic heterocycles. The molecule has 4 N–H and O–H groups in total. The van der Waals surface area contributed by atoms with Gasteiger partial charge in [-0.1, -0.05) is 36.2 Å². The molecule has 1 heterocycles. The molecular formula is C19H18Cl2N6O2. The fourth-order valence-corrected chi connectivity index (χ4v) is 3.35. The number of aryl methyl sites for hydroxylation is 1. The first-order valence-electron chi connectivity index (χ1n) is 8.62. The minimum Gasteiger partial charge on any atom is -0.383 e. The molecule has 0 bridgehead atoms. The van der Waals surface area contributed by atoms with Gasteiger partial charge in [-0.2, -0.15) is 4.98 Å². The van der Waals surface area contributed by atoms with Crippen molar-refractivity contribution in [2.45, 2.75) is 13.3 Å². The van der Waals surface area contributed by atoms with Crippen LogP contribution in [0.3, 0.4) is 0 Å². The first-order chi connectivity index (χ1) is 13.7. The molecule has 0 unspecified atom stereocenters. The molecule has 0 fully saturated rings. The second kappa shape index (κ2) is 8.10. The van der Waals surface area contributed by atoms with Gasteiger partial charge in [0.1, 0.15) is 11.5 Å². The van der Waals surface area contributed by atoms with Gasteiger partial charge >= 0.3 is 0 Å². The Kier molecular flexibility index (Phi) is 5.76. The number of halogens is 2. The summed E-state index contributed by atoms with van der Waals surface area (Å²) in [5, 5.41) is 12.6. The van der Waals surface area contributed by atoms with E-state index in [9.17, 15) is 10.1 Å². The highest BCUT2D eigenvalue weighted by Gasteiger charge is 2.22. The van der Waals surface area contributed by atoms with Crippen LogP contribution in [0.5, 0.6) is 0 Å². The van der Waals surface area contributed by atoms with E-state index in [4.69, 9.17) is 34.7 Å². The Hall–Kier alpha value is -3.10. The summed E-state index contributed by atoms with van der Waals surface area (Å²) in [6, 6.07) is 9.84. The van der Waals surface area contributed by atoms with Gasteiger partial charge in [0.05, 0.1) is 20.7 Å².